The number of hydrogen-bond donors (Lipinski definition) is 1. The number of aromatic nitrogens is 1. The summed E-state index contributed by atoms with van der Waals surface area (Å²) in [5.41, 5.74) is 3.75. The van der Waals surface area contributed by atoms with Crippen LogP contribution in [0.2, 0.25) is 0 Å². The molecule has 0 fully saturated rings. The minimum atomic E-state index is -0.319. The van der Waals surface area contributed by atoms with Crippen LogP contribution in [0.25, 0.3) is 22.2 Å². The average molecular weight is 374 g/mol. The number of ether oxygens (including phenoxy) is 2. The molecule has 4 rings (SSSR count). The summed E-state index contributed by atoms with van der Waals surface area (Å²) in [6, 6.07) is 20.5. The molecule has 0 saturated carbocycles. The van der Waals surface area contributed by atoms with Gasteiger partial charge in [0.15, 0.2) is 5.58 Å². The zero-order chi connectivity index (χ0) is 19.5. The molecule has 0 bridgehead atoms. The Morgan fingerprint density at radius 2 is 1.64 bits per heavy atom. The molecule has 0 atom stereocenters. The second kappa shape index (κ2) is 7.44. The number of fused-ring (bicyclic) bond motifs is 1. The molecule has 0 spiro atoms. The first-order chi connectivity index (χ1) is 13.7. The predicted molar refractivity (Wildman–Crippen MR) is 107 cm³/mol. The highest BCUT2D eigenvalue weighted by Crippen LogP contribution is 2.27. The molecule has 4 aromatic rings. The molecule has 0 aliphatic carbocycles. The second-order valence-electron chi connectivity index (χ2n) is 6.12. The Kier molecular flexibility index (Phi) is 4.68. The molecular weight excluding hydrogens is 356 g/mol. The van der Waals surface area contributed by atoms with Gasteiger partial charge in [0.25, 0.3) is 5.91 Å². The molecule has 6 nitrogen and oxygen atoms in total. The van der Waals surface area contributed by atoms with E-state index in [1.54, 1.807) is 38.5 Å². The van der Waals surface area contributed by atoms with Gasteiger partial charge in [0.05, 0.1) is 14.2 Å². The van der Waals surface area contributed by atoms with E-state index in [0.717, 1.165) is 16.9 Å². The van der Waals surface area contributed by atoms with Gasteiger partial charge in [-0.2, -0.15) is 4.98 Å². The van der Waals surface area contributed by atoms with Gasteiger partial charge >= 0.3 is 6.01 Å². The van der Waals surface area contributed by atoms with Crippen molar-refractivity contribution in [2.75, 3.05) is 19.5 Å². The number of carbonyl (C=O) groups excluding carboxylic acids is 1. The standard InChI is InChI=1S/C22H18N2O4/c1-26-17-9-6-14(7-10-17)15-8-11-20-19(13-15)23-22(28-20)24-21(25)16-4-3-5-18(12-16)27-2/h3-13H,1-2H3,(H,23,24,25). The molecular formula is C22H18N2O4. The van der Waals surface area contributed by atoms with Crippen molar-refractivity contribution in [3.8, 4) is 22.6 Å². The van der Waals surface area contributed by atoms with E-state index in [1.807, 2.05) is 42.5 Å². The number of oxazole rings is 1. The van der Waals surface area contributed by atoms with Gasteiger partial charge in [0.2, 0.25) is 0 Å². The van der Waals surface area contributed by atoms with Crippen molar-refractivity contribution >= 4 is 23.0 Å². The molecule has 0 saturated heterocycles. The van der Waals surface area contributed by atoms with Gasteiger partial charge in [-0.1, -0.05) is 24.3 Å². The highest BCUT2D eigenvalue weighted by atomic mass is 16.5. The van der Waals surface area contributed by atoms with Crippen molar-refractivity contribution in [3.63, 3.8) is 0 Å². The van der Waals surface area contributed by atoms with E-state index in [2.05, 4.69) is 10.3 Å². The Balaban J connectivity index is 1.58. The zero-order valence-corrected chi connectivity index (χ0v) is 15.4. The third kappa shape index (κ3) is 3.53. The van der Waals surface area contributed by atoms with Gasteiger partial charge in [-0.3, -0.25) is 10.1 Å². The lowest BCUT2D eigenvalue weighted by Gasteiger charge is -2.03. The Bertz CT molecular complexity index is 1130. The Hall–Kier alpha value is -3.80. The summed E-state index contributed by atoms with van der Waals surface area (Å²) in [6.07, 6.45) is 0. The van der Waals surface area contributed by atoms with Gasteiger partial charge in [-0.05, 0) is 53.6 Å². The summed E-state index contributed by atoms with van der Waals surface area (Å²) in [5.74, 6) is 1.09. The van der Waals surface area contributed by atoms with Crippen LogP contribution in [-0.2, 0) is 0 Å². The van der Waals surface area contributed by atoms with Crippen molar-refractivity contribution < 1.29 is 18.7 Å². The summed E-state index contributed by atoms with van der Waals surface area (Å²) < 4.78 is 16.0. The van der Waals surface area contributed by atoms with Crippen LogP contribution >= 0.6 is 0 Å². The molecule has 0 radical (unpaired) electrons. The van der Waals surface area contributed by atoms with E-state index in [0.29, 0.717) is 22.4 Å². The normalized spacial score (nSPS) is 10.6. The number of methoxy groups -OCH3 is 2. The van der Waals surface area contributed by atoms with Crippen molar-refractivity contribution in [2.45, 2.75) is 0 Å². The number of carbonyl (C=O) groups is 1. The SMILES string of the molecule is COc1ccc(-c2ccc3oc(NC(=O)c4cccc(OC)c4)nc3c2)cc1. The van der Waals surface area contributed by atoms with E-state index in [1.165, 1.54) is 0 Å². The first-order valence-electron chi connectivity index (χ1n) is 8.67. The zero-order valence-electron chi connectivity index (χ0n) is 15.4. The summed E-state index contributed by atoms with van der Waals surface area (Å²) in [4.78, 5) is 16.8. The smallest absolute Gasteiger partial charge is 0.302 e. The Morgan fingerprint density at radius 3 is 2.39 bits per heavy atom. The molecule has 3 aromatic carbocycles. The first-order valence-corrected chi connectivity index (χ1v) is 8.67. The van der Waals surface area contributed by atoms with Crippen molar-refractivity contribution in [2.24, 2.45) is 0 Å². The molecule has 1 N–H and O–H groups in total. The van der Waals surface area contributed by atoms with Crippen LogP contribution in [0.15, 0.2) is 71.1 Å². The van der Waals surface area contributed by atoms with Crippen LogP contribution in [0.5, 0.6) is 11.5 Å². The van der Waals surface area contributed by atoms with E-state index < -0.39 is 0 Å². The topological polar surface area (TPSA) is 73.6 Å². The number of rotatable bonds is 5. The summed E-state index contributed by atoms with van der Waals surface area (Å²) >= 11 is 0. The van der Waals surface area contributed by atoms with Crippen LogP contribution in [0.4, 0.5) is 6.01 Å². The van der Waals surface area contributed by atoms with Crippen LogP contribution in [0, 0.1) is 0 Å². The molecule has 0 aliphatic heterocycles. The van der Waals surface area contributed by atoms with Gasteiger partial charge in [-0.25, -0.2) is 0 Å². The average Bonchev–Trinajstić information content (AvgIpc) is 3.15. The number of benzene rings is 3. The summed E-state index contributed by atoms with van der Waals surface area (Å²) in [5, 5.41) is 2.68. The molecule has 1 amide bonds. The quantitative estimate of drug-likeness (QED) is 0.545. The fourth-order valence-corrected chi connectivity index (χ4v) is 2.88. The van der Waals surface area contributed by atoms with E-state index in [9.17, 15) is 4.79 Å². The van der Waals surface area contributed by atoms with Gasteiger partial charge in [-0.15, -0.1) is 0 Å². The fourth-order valence-electron chi connectivity index (χ4n) is 2.88. The van der Waals surface area contributed by atoms with Gasteiger partial charge in [0.1, 0.15) is 17.0 Å². The largest absolute Gasteiger partial charge is 0.497 e. The fraction of sp³-hybridized carbons (Fsp3) is 0.0909. The van der Waals surface area contributed by atoms with Gasteiger partial charge in [0, 0.05) is 5.56 Å². The Labute approximate surface area is 161 Å². The molecule has 0 aliphatic rings. The van der Waals surface area contributed by atoms with Crippen LogP contribution < -0.4 is 14.8 Å². The lowest BCUT2D eigenvalue weighted by Crippen LogP contribution is -2.12. The predicted octanol–water partition coefficient (Wildman–Crippen LogP) is 4.76. The molecule has 140 valence electrons. The molecule has 28 heavy (non-hydrogen) atoms. The van der Waals surface area contributed by atoms with E-state index in [4.69, 9.17) is 13.9 Å². The van der Waals surface area contributed by atoms with Crippen molar-refractivity contribution in [1.29, 1.82) is 0 Å². The highest BCUT2D eigenvalue weighted by Gasteiger charge is 2.13. The number of amides is 1. The third-order valence-electron chi connectivity index (χ3n) is 4.36. The summed E-state index contributed by atoms with van der Waals surface area (Å²) in [7, 11) is 3.19. The minimum Gasteiger partial charge on any atom is -0.497 e. The lowest BCUT2D eigenvalue weighted by atomic mass is 10.1. The number of anilines is 1. The number of nitrogens with zero attached hydrogens (tertiary/aromatic N) is 1. The van der Waals surface area contributed by atoms with E-state index in [-0.39, 0.29) is 11.9 Å². The maximum atomic E-state index is 12.4. The number of nitrogens with one attached hydrogen (secondary N) is 1. The maximum Gasteiger partial charge on any atom is 0.302 e. The monoisotopic (exact) mass is 374 g/mol. The van der Waals surface area contributed by atoms with Crippen molar-refractivity contribution in [1.82, 2.24) is 4.98 Å². The molecule has 1 heterocycles. The summed E-state index contributed by atoms with van der Waals surface area (Å²) in [6.45, 7) is 0. The van der Waals surface area contributed by atoms with Crippen molar-refractivity contribution in [3.05, 3.63) is 72.3 Å². The van der Waals surface area contributed by atoms with Gasteiger partial charge < -0.3 is 13.9 Å². The lowest BCUT2D eigenvalue weighted by molar-refractivity contribution is 0.102. The molecule has 1 aromatic heterocycles. The molecule has 6 heteroatoms. The van der Waals surface area contributed by atoms with Crippen LogP contribution in [0.1, 0.15) is 10.4 Å². The number of hydrogen-bond acceptors (Lipinski definition) is 5. The van der Waals surface area contributed by atoms with Crippen LogP contribution in [-0.4, -0.2) is 25.1 Å². The first kappa shape index (κ1) is 17.6. The highest BCUT2D eigenvalue weighted by molar-refractivity contribution is 6.03. The third-order valence-corrected chi connectivity index (χ3v) is 4.36. The van der Waals surface area contributed by atoms with Crippen LogP contribution in [0.3, 0.4) is 0 Å². The maximum absolute atomic E-state index is 12.4. The minimum absolute atomic E-state index is 0.148. The Morgan fingerprint density at radius 1 is 0.893 bits per heavy atom. The molecule has 0 unspecified atom stereocenters. The second-order valence-corrected chi connectivity index (χ2v) is 6.12. The van der Waals surface area contributed by atoms with E-state index >= 15 is 0 Å².